The van der Waals surface area contributed by atoms with Gasteiger partial charge in [-0.05, 0) is 19.5 Å². The van der Waals surface area contributed by atoms with Crippen molar-refractivity contribution in [3.63, 3.8) is 0 Å². The van der Waals surface area contributed by atoms with Crippen LogP contribution in [0.5, 0.6) is 0 Å². The molecule has 2 rings (SSSR count). The van der Waals surface area contributed by atoms with E-state index < -0.39 is 0 Å². The summed E-state index contributed by atoms with van der Waals surface area (Å²) in [6.45, 7) is 6.08. The van der Waals surface area contributed by atoms with Crippen molar-refractivity contribution < 1.29 is 9.59 Å². The van der Waals surface area contributed by atoms with Gasteiger partial charge in [-0.25, -0.2) is 0 Å². The van der Waals surface area contributed by atoms with E-state index in [1.807, 2.05) is 52.1 Å². The molecule has 2 amide bonds. The summed E-state index contributed by atoms with van der Waals surface area (Å²) in [5.41, 5.74) is 2.28. The molecule has 0 bridgehead atoms. The lowest BCUT2D eigenvalue weighted by molar-refractivity contribution is -0.140. The van der Waals surface area contributed by atoms with Crippen molar-refractivity contribution in [2.24, 2.45) is 11.8 Å². The molecule has 1 N–H and O–H groups in total. The molecule has 1 aromatic rings. The number of imide groups is 1. The van der Waals surface area contributed by atoms with Crippen LogP contribution >= 0.6 is 0 Å². The minimum atomic E-state index is -0.210. The van der Waals surface area contributed by atoms with Crippen molar-refractivity contribution in [1.29, 1.82) is 0 Å². The number of carbonyl (C=O) groups excluding carboxylic acids is 2. The van der Waals surface area contributed by atoms with E-state index in [-0.39, 0.29) is 29.7 Å². The van der Waals surface area contributed by atoms with E-state index in [0.717, 1.165) is 5.56 Å². The molecule has 1 fully saturated rings. The highest BCUT2D eigenvalue weighted by Gasteiger charge is 2.42. The summed E-state index contributed by atoms with van der Waals surface area (Å²) in [6, 6.07) is 8.13. The van der Waals surface area contributed by atoms with Crippen LogP contribution in [-0.4, -0.2) is 30.3 Å². The molecule has 108 valence electrons. The van der Waals surface area contributed by atoms with E-state index >= 15 is 0 Å². The molecule has 20 heavy (non-hydrogen) atoms. The molecule has 3 unspecified atom stereocenters. The van der Waals surface area contributed by atoms with Crippen LogP contribution < -0.4 is 5.32 Å². The van der Waals surface area contributed by atoms with Crippen molar-refractivity contribution in [1.82, 2.24) is 10.2 Å². The molecule has 3 atom stereocenters. The molecule has 4 heteroatoms. The van der Waals surface area contributed by atoms with Crippen molar-refractivity contribution >= 4 is 11.8 Å². The molecule has 1 aliphatic rings. The van der Waals surface area contributed by atoms with Gasteiger partial charge in [-0.15, -0.1) is 0 Å². The van der Waals surface area contributed by atoms with Crippen LogP contribution in [0.1, 0.15) is 31.0 Å². The van der Waals surface area contributed by atoms with Gasteiger partial charge in [-0.1, -0.05) is 43.7 Å². The molecule has 0 spiro atoms. The first-order valence-electron chi connectivity index (χ1n) is 7.04. The van der Waals surface area contributed by atoms with Gasteiger partial charge in [0.1, 0.15) is 0 Å². The lowest BCUT2D eigenvalue weighted by Crippen LogP contribution is -2.38. The standard InChI is InChI=1S/C16H22N2O2/c1-10-5-7-13(8-6-10)14(17-4)9-18-15(19)11(2)12(3)16(18)20/h5-8,11-12,14,17H,9H2,1-4H3. The van der Waals surface area contributed by atoms with E-state index in [1.165, 1.54) is 10.5 Å². The average Bonchev–Trinajstić information content (AvgIpc) is 2.63. The van der Waals surface area contributed by atoms with Gasteiger partial charge in [0.05, 0.1) is 6.04 Å². The molecular formula is C16H22N2O2. The number of amides is 2. The summed E-state index contributed by atoms with van der Waals surface area (Å²) in [7, 11) is 1.85. The van der Waals surface area contributed by atoms with Gasteiger partial charge < -0.3 is 5.32 Å². The van der Waals surface area contributed by atoms with Gasteiger partial charge >= 0.3 is 0 Å². The summed E-state index contributed by atoms with van der Waals surface area (Å²) >= 11 is 0. The van der Waals surface area contributed by atoms with E-state index in [4.69, 9.17) is 0 Å². The third-order valence-corrected chi connectivity index (χ3v) is 4.25. The molecule has 0 radical (unpaired) electrons. The van der Waals surface area contributed by atoms with Gasteiger partial charge in [0.15, 0.2) is 0 Å². The first kappa shape index (κ1) is 14.7. The Morgan fingerprint density at radius 2 is 1.60 bits per heavy atom. The van der Waals surface area contributed by atoms with E-state index in [2.05, 4.69) is 5.32 Å². The second kappa shape index (κ2) is 5.75. The van der Waals surface area contributed by atoms with Crippen LogP contribution in [0.25, 0.3) is 0 Å². The second-order valence-electron chi connectivity index (χ2n) is 5.62. The fraction of sp³-hybridized carbons (Fsp3) is 0.500. The maximum atomic E-state index is 12.1. The second-order valence-corrected chi connectivity index (χ2v) is 5.62. The molecule has 1 aliphatic heterocycles. The maximum absolute atomic E-state index is 12.1. The molecule has 1 heterocycles. The topological polar surface area (TPSA) is 49.4 Å². The molecule has 0 aromatic heterocycles. The predicted molar refractivity (Wildman–Crippen MR) is 78.0 cm³/mol. The largest absolute Gasteiger partial charge is 0.312 e. The van der Waals surface area contributed by atoms with Gasteiger partial charge in [-0.2, -0.15) is 0 Å². The lowest BCUT2D eigenvalue weighted by Gasteiger charge is -2.23. The van der Waals surface area contributed by atoms with Crippen LogP contribution in [0.2, 0.25) is 0 Å². The number of carbonyl (C=O) groups is 2. The smallest absolute Gasteiger partial charge is 0.232 e. The van der Waals surface area contributed by atoms with Crippen molar-refractivity contribution in [3.05, 3.63) is 35.4 Å². The lowest BCUT2D eigenvalue weighted by atomic mass is 10.00. The third kappa shape index (κ3) is 2.61. The summed E-state index contributed by atoms with van der Waals surface area (Å²) in [5.74, 6) is -0.541. The summed E-state index contributed by atoms with van der Waals surface area (Å²) in [5, 5.41) is 3.19. The Balaban J connectivity index is 2.16. The summed E-state index contributed by atoms with van der Waals surface area (Å²) in [6.07, 6.45) is 0. The summed E-state index contributed by atoms with van der Waals surface area (Å²) < 4.78 is 0. The predicted octanol–water partition coefficient (Wildman–Crippen LogP) is 1.90. The van der Waals surface area contributed by atoms with Crippen LogP contribution in [0.3, 0.4) is 0 Å². The fourth-order valence-electron chi connectivity index (χ4n) is 2.55. The van der Waals surface area contributed by atoms with Crippen molar-refractivity contribution in [2.75, 3.05) is 13.6 Å². The highest BCUT2D eigenvalue weighted by molar-refractivity contribution is 6.04. The average molecular weight is 274 g/mol. The molecule has 0 aliphatic carbocycles. The van der Waals surface area contributed by atoms with Crippen molar-refractivity contribution in [3.8, 4) is 0 Å². The zero-order chi connectivity index (χ0) is 14.9. The minimum absolute atomic E-state index is 0.0269. The Hall–Kier alpha value is -1.68. The molecule has 4 nitrogen and oxygen atoms in total. The van der Waals surface area contributed by atoms with Gasteiger partial charge in [0.2, 0.25) is 11.8 Å². The van der Waals surface area contributed by atoms with E-state index in [1.54, 1.807) is 0 Å². The molecule has 1 aromatic carbocycles. The molecular weight excluding hydrogens is 252 g/mol. The maximum Gasteiger partial charge on any atom is 0.232 e. The van der Waals surface area contributed by atoms with Crippen LogP contribution in [-0.2, 0) is 9.59 Å². The zero-order valence-corrected chi connectivity index (χ0v) is 12.5. The summed E-state index contributed by atoms with van der Waals surface area (Å²) in [4.78, 5) is 25.7. The number of hydrogen-bond donors (Lipinski definition) is 1. The van der Waals surface area contributed by atoms with Crippen LogP contribution in [0, 0.1) is 18.8 Å². The first-order valence-corrected chi connectivity index (χ1v) is 7.04. The number of likely N-dealkylation sites (tertiary alicyclic amines) is 1. The van der Waals surface area contributed by atoms with Gasteiger partial charge in [0.25, 0.3) is 0 Å². The van der Waals surface area contributed by atoms with Crippen LogP contribution in [0.15, 0.2) is 24.3 Å². The number of rotatable bonds is 4. The SMILES string of the molecule is CNC(CN1C(=O)C(C)C(C)C1=O)c1ccc(C)cc1. The number of nitrogens with one attached hydrogen (secondary N) is 1. The van der Waals surface area contributed by atoms with E-state index in [0.29, 0.717) is 6.54 Å². The van der Waals surface area contributed by atoms with Crippen LogP contribution in [0.4, 0.5) is 0 Å². The Morgan fingerprint density at radius 1 is 1.10 bits per heavy atom. The number of benzene rings is 1. The molecule has 0 saturated carbocycles. The van der Waals surface area contributed by atoms with Gasteiger partial charge in [0, 0.05) is 18.4 Å². The third-order valence-electron chi connectivity index (χ3n) is 4.25. The Bertz CT molecular complexity index is 490. The number of aryl methyl sites for hydroxylation is 1. The number of likely N-dealkylation sites (N-methyl/N-ethyl adjacent to an activating group) is 1. The van der Waals surface area contributed by atoms with E-state index in [9.17, 15) is 9.59 Å². The number of hydrogen-bond acceptors (Lipinski definition) is 3. The highest BCUT2D eigenvalue weighted by Crippen LogP contribution is 2.27. The Kier molecular flexibility index (Phi) is 4.23. The monoisotopic (exact) mass is 274 g/mol. The quantitative estimate of drug-likeness (QED) is 0.853. The number of nitrogens with zero attached hydrogens (tertiary/aromatic N) is 1. The normalized spacial score (nSPS) is 24.3. The van der Waals surface area contributed by atoms with Gasteiger partial charge in [-0.3, -0.25) is 14.5 Å². The first-order chi connectivity index (χ1) is 9.45. The minimum Gasteiger partial charge on any atom is -0.312 e. The molecule has 1 saturated heterocycles. The Morgan fingerprint density at radius 3 is 2.05 bits per heavy atom. The van der Waals surface area contributed by atoms with Crippen molar-refractivity contribution in [2.45, 2.75) is 26.8 Å². The highest BCUT2D eigenvalue weighted by atomic mass is 16.2. The Labute approximate surface area is 120 Å². The fourth-order valence-corrected chi connectivity index (χ4v) is 2.55. The zero-order valence-electron chi connectivity index (χ0n) is 12.5.